The second-order valence-corrected chi connectivity index (χ2v) is 4.93. The molecule has 2 aromatic heterocycles. The first-order chi connectivity index (χ1) is 10.3. The summed E-state index contributed by atoms with van der Waals surface area (Å²) in [7, 11) is 1.84. The lowest BCUT2D eigenvalue weighted by atomic mass is 10.2. The van der Waals surface area contributed by atoms with E-state index in [1.807, 2.05) is 31.3 Å². The summed E-state index contributed by atoms with van der Waals surface area (Å²) in [6, 6.07) is 7.72. The molecule has 0 atom stereocenters. The molecular weight excluding hydrogens is 266 g/mol. The van der Waals surface area contributed by atoms with Gasteiger partial charge in [0.05, 0.1) is 12.8 Å². The van der Waals surface area contributed by atoms with Gasteiger partial charge in [-0.15, -0.1) is 0 Å². The molecule has 0 saturated heterocycles. The largest absolute Gasteiger partial charge is 0.468 e. The minimum absolute atomic E-state index is 0.149. The van der Waals surface area contributed by atoms with Crippen molar-refractivity contribution in [2.75, 3.05) is 20.1 Å². The lowest BCUT2D eigenvalue weighted by molar-refractivity contribution is -0.129. The van der Waals surface area contributed by atoms with Gasteiger partial charge in [-0.3, -0.25) is 9.78 Å². The Morgan fingerprint density at radius 1 is 1.33 bits per heavy atom. The minimum atomic E-state index is 0.149. The van der Waals surface area contributed by atoms with E-state index in [2.05, 4.69) is 10.3 Å². The number of hydrogen-bond acceptors (Lipinski definition) is 4. The molecule has 1 amide bonds. The summed E-state index contributed by atoms with van der Waals surface area (Å²) >= 11 is 0. The molecule has 0 saturated carbocycles. The Labute approximate surface area is 125 Å². The van der Waals surface area contributed by atoms with Crippen LogP contribution in [0.25, 0.3) is 0 Å². The molecule has 21 heavy (non-hydrogen) atoms. The summed E-state index contributed by atoms with van der Waals surface area (Å²) in [5.41, 5.74) is 1.19. The summed E-state index contributed by atoms with van der Waals surface area (Å²) in [4.78, 5) is 17.7. The number of nitrogens with zero attached hydrogens (tertiary/aromatic N) is 2. The molecule has 112 valence electrons. The van der Waals surface area contributed by atoms with Gasteiger partial charge in [0.25, 0.3) is 0 Å². The lowest BCUT2D eigenvalue weighted by Gasteiger charge is -2.17. The van der Waals surface area contributed by atoms with E-state index in [0.717, 1.165) is 18.7 Å². The lowest BCUT2D eigenvalue weighted by Crippen LogP contribution is -2.31. The van der Waals surface area contributed by atoms with Crippen molar-refractivity contribution in [3.8, 4) is 0 Å². The van der Waals surface area contributed by atoms with Crippen LogP contribution in [-0.2, 0) is 17.8 Å². The number of pyridine rings is 1. The summed E-state index contributed by atoms with van der Waals surface area (Å²) in [6.07, 6.45) is 6.54. The molecule has 2 rings (SSSR count). The zero-order chi connectivity index (χ0) is 14.9. The third kappa shape index (κ3) is 5.39. The molecule has 0 aliphatic rings. The minimum Gasteiger partial charge on any atom is -0.468 e. The summed E-state index contributed by atoms with van der Waals surface area (Å²) in [5.74, 6) is 1.03. The van der Waals surface area contributed by atoms with Crippen LogP contribution in [0.4, 0.5) is 0 Å². The number of likely N-dealkylation sites (N-methyl/N-ethyl adjacent to an activating group) is 1. The van der Waals surface area contributed by atoms with Crippen molar-refractivity contribution in [3.05, 3.63) is 54.2 Å². The Kier molecular flexibility index (Phi) is 5.97. The van der Waals surface area contributed by atoms with Crippen LogP contribution in [-0.4, -0.2) is 35.9 Å². The van der Waals surface area contributed by atoms with Crippen LogP contribution in [0, 0.1) is 0 Å². The number of carbonyl (C=O) groups is 1. The van der Waals surface area contributed by atoms with Gasteiger partial charge in [-0.2, -0.15) is 0 Å². The third-order valence-electron chi connectivity index (χ3n) is 3.31. The highest BCUT2D eigenvalue weighted by Crippen LogP contribution is 2.01. The molecule has 5 heteroatoms. The van der Waals surface area contributed by atoms with Gasteiger partial charge in [0, 0.05) is 39.0 Å². The van der Waals surface area contributed by atoms with Gasteiger partial charge in [0.1, 0.15) is 5.76 Å². The summed E-state index contributed by atoms with van der Waals surface area (Å²) in [6.45, 7) is 2.03. The SMILES string of the molecule is CN(CCc1ccncc1)C(=O)CCNCc1ccco1. The Hall–Kier alpha value is -2.14. The van der Waals surface area contributed by atoms with Crippen molar-refractivity contribution in [2.45, 2.75) is 19.4 Å². The fraction of sp³-hybridized carbons (Fsp3) is 0.375. The maximum Gasteiger partial charge on any atom is 0.223 e. The van der Waals surface area contributed by atoms with Crippen molar-refractivity contribution in [3.63, 3.8) is 0 Å². The molecule has 0 unspecified atom stereocenters. The Balaban J connectivity index is 1.61. The Morgan fingerprint density at radius 2 is 2.14 bits per heavy atom. The smallest absolute Gasteiger partial charge is 0.223 e. The van der Waals surface area contributed by atoms with E-state index in [9.17, 15) is 4.79 Å². The van der Waals surface area contributed by atoms with Crippen LogP contribution in [0.3, 0.4) is 0 Å². The average molecular weight is 287 g/mol. The zero-order valence-corrected chi connectivity index (χ0v) is 12.3. The van der Waals surface area contributed by atoms with Crippen molar-refractivity contribution < 1.29 is 9.21 Å². The fourth-order valence-electron chi connectivity index (χ4n) is 1.98. The first-order valence-electron chi connectivity index (χ1n) is 7.11. The second-order valence-electron chi connectivity index (χ2n) is 4.93. The predicted octanol–water partition coefficient (Wildman–Crippen LogP) is 1.86. The van der Waals surface area contributed by atoms with Gasteiger partial charge in [-0.1, -0.05) is 0 Å². The van der Waals surface area contributed by atoms with Crippen molar-refractivity contribution in [1.82, 2.24) is 15.2 Å². The molecule has 0 spiro atoms. The highest BCUT2D eigenvalue weighted by molar-refractivity contribution is 5.76. The number of rotatable bonds is 8. The van der Waals surface area contributed by atoms with Gasteiger partial charge in [-0.25, -0.2) is 0 Å². The maximum absolute atomic E-state index is 12.0. The van der Waals surface area contributed by atoms with Crippen molar-refractivity contribution in [1.29, 1.82) is 0 Å². The molecule has 2 heterocycles. The van der Waals surface area contributed by atoms with Gasteiger partial charge >= 0.3 is 0 Å². The van der Waals surface area contributed by atoms with E-state index in [0.29, 0.717) is 19.5 Å². The first kappa shape index (κ1) is 15.3. The van der Waals surface area contributed by atoms with E-state index in [1.165, 1.54) is 5.56 Å². The highest BCUT2D eigenvalue weighted by atomic mass is 16.3. The molecule has 0 bridgehead atoms. The Morgan fingerprint density at radius 3 is 2.86 bits per heavy atom. The second kappa shape index (κ2) is 8.21. The molecule has 0 aliphatic carbocycles. The molecule has 1 N–H and O–H groups in total. The van der Waals surface area contributed by atoms with Crippen LogP contribution in [0.1, 0.15) is 17.7 Å². The number of hydrogen-bond donors (Lipinski definition) is 1. The molecule has 0 aromatic carbocycles. The van der Waals surface area contributed by atoms with E-state index in [-0.39, 0.29) is 5.91 Å². The van der Waals surface area contributed by atoms with Gasteiger partial charge in [0.2, 0.25) is 5.91 Å². The van der Waals surface area contributed by atoms with E-state index in [1.54, 1.807) is 23.6 Å². The maximum atomic E-state index is 12.0. The molecule has 2 aromatic rings. The predicted molar refractivity (Wildman–Crippen MR) is 80.6 cm³/mol. The molecule has 0 fully saturated rings. The van der Waals surface area contributed by atoms with Crippen molar-refractivity contribution >= 4 is 5.91 Å². The Bertz CT molecular complexity index is 526. The number of nitrogens with one attached hydrogen (secondary N) is 1. The summed E-state index contributed by atoms with van der Waals surface area (Å²) < 4.78 is 5.21. The van der Waals surface area contributed by atoms with Crippen LogP contribution in [0.2, 0.25) is 0 Å². The van der Waals surface area contributed by atoms with Crippen LogP contribution in [0.5, 0.6) is 0 Å². The molecular formula is C16H21N3O2. The van der Waals surface area contributed by atoms with Gasteiger partial charge < -0.3 is 14.6 Å². The monoisotopic (exact) mass is 287 g/mol. The first-order valence-corrected chi connectivity index (χ1v) is 7.11. The van der Waals surface area contributed by atoms with E-state index < -0.39 is 0 Å². The number of amides is 1. The number of aromatic nitrogens is 1. The summed E-state index contributed by atoms with van der Waals surface area (Å²) in [5, 5.41) is 3.20. The molecule has 0 radical (unpaired) electrons. The number of carbonyl (C=O) groups excluding carboxylic acids is 1. The zero-order valence-electron chi connectivity index (χ0n) is 12.3. The van der Waals surface area contributed by atoms with Gasteiger partial charge in [-0.05, 0) is 36.2 Å². The van der Waals surface area contributed by atoms with Crippen LogP contribution in [0.15, 0.2) is 47.3 Å². The standard InChI is InChI=1S/C16H21N3O2/c1-19(11-7-14-4-8-17-9-5-14)16(20)6-10-18-13-15-3-2-12-21-15/h2-5,8-9,12,18H,6-7,10-11,13H2,1H3. The van der Waals surface area contributed by atoms with Crippen LogP contribution >= 0.6 is 0 Å². The quantitative estimate of drug-likeness (QED) is 0.753. The molecule has 0 aliphatic heterocycles. The van der Waals surface area contributed by atoms with E-state index >= 15 is 0 Å². The third-order valence-corrected chi connectivity index (χ3v) is 3.31. The average Bonchev–Trinajstić information content (AvgIpc) is 3.03. The van der Waals surface area contributed by atoms with Crippen molar-refractivity contribution in [2.24, 2.45) is 0 Å². The normalized spacial score (nSPS) is 10.5. The highest BCUT2D eigenvalue weighted by Gasteiger charge is 2.08. The molecule has 5 nitrogen and oxygen atoms in total. The number of furan rings is 1. The van der Waals surface area contributed by atoms with Crippen LogP contribution < -0.4 is 5.32 Å². The topological polar surface area (TPSA) is 58.4 Å². The van der Waals surface area contributed by atoms with Gasteiger partial charge in [0.15, 0.2) is 0 Å². The van der Waals surface area contributed by atoms with E-state index in [4.69, 9.17) is 4.42 Å². The fourth-order valence-corrected chi connectivity index (χ4v) is 1.98.